The molecule has 0 aromatic heterocycles. The van der Waals surface area contributed by atoms with Crippen LogP contribution in [0, 0.1) is 0 Å². The van der Waals surface area contributed by atoms with E-state index in [0.29, 0.717) is 0 Å². The molecule has 0 amide bonds. The molecule has 0 radical (unpaired) electrons. The lowest BCUT2D eigenvalue weighted by atomic mass is 10.1. The second kappa shape index (κ2) is 6.09. The number of aryl methyl sites for hydroxylation is 1. The predicted molar refractivity (Wildman–Crippen MR) is 62.8 cm³/mol. The van der Waals surface area contributed by atoms with Crippen LogP contribution < -0.4 is 0 Å². The Morgan fingerprint density at radius 2 is 1.87 bits per heavy atom. The first-order chi connectivity index (χ1) is 7.11. The van der Waals surface area contributed by atoms with Crippen LogP contribution in [-0.4, -0.2) is 15.0 Å². The van der Waals surface area contributed by atoms with Crippen LogP contribution in [0.4, 0.5) is 0 Å². The molecule has 0 spiro atoms. The van der Waals surface area contributed by atoms with E-state index in [4.69, 9.17) is 23.2 Å². The lowest BCUT2D eigenvalue weighted by Crippen LogP contribution is -1.90. The number of rotatable bonds is 5. The minimum atomic E-state index is -0.317. The minimum absolute atomic E-state index is 0.0224. The molecule has 0 heterocycles. The van der Waals surface area contributed by atoms with Crippen LogP contribution >= 0.6 is 23.2 Å². The Morgan fingerprint density at radius 3 is 2.53 bits per heavy atom. The predicted octanol–water partition coefficient (Wildman–Crippen LogP) is 3.61. The van der Waals surface area contributed by atoms with Gasteiger partial charge in [-0.05, 0) is 30.9 Å². The number of aromatic hydroxyl groups is 2. The first-order valence-corrected chi connectivity index (χ1v) is 5.76. The molecule has 0 unspecified atom stereocenters. The van der Waals surface area contributed by atoms with Crippen LogP contribution in [0.2, 0.25) is 0 Å². The molecule has 0 aliphatic rings. The maximum atomic E-state index is 9.50. The number of halogens is 2. The Bertz CT molecular complexity index is 313. The third-order valence-electron chi connectivity index (χ3n) is 2.22. The molecule has 0 bridgehead atoms. The van der Waals surface area contributed by atoms with Gasteiger partial charge in [-0.2, -0.15) is 0 Å². The molecule has 0 saturated heterocycles. The van der Waals surface area contributed by atoms with E-state index in [-0.39, 0.29) is 16.3 Å². The van der Waals surface area contributed by atoms with Crippen molar-refractivity contribution < 1.29 is 10.2 Å². The van der Waals surface area contributed by atoms with Crippen molar-refractivity contribution in [3.8, 4) is 11.5 Å². The SMILES string of the molecule is Oc1cccc(CCCCC(Cl)Cl)c1O. The van der Waals surface area contributed by atoms with Crippen molar-refractivity contribution in [1.29, 1.82) is 0 Å². The van der Waals surface area contributed by atoms with Crippen molar-refractivity contribution in [3.63, 3.8) is 0 Å². The summed E-state index contributed by atoms with van der Waals surface area (Å²) in [5.41, 5.74) is 0.760. The summed E-state index contributed by atoms with van der Waals surface area (Å²) in [6.45, 7) is 0. The lowest BCUT2D eigenvalue weighted by molar-refractivity contribution is 0.398. The average Bonchev–Trinajstić information content (AvgIpc) is 2.18. The highest BCUT2D eigenvalue weighted by Crippen LogP contribution is 2.29. The van der Waals surface area contributed by atoms with Crippen LogP contribution in [0.3, 0.4) is 0 Å². The summed E-state index contributed by atoms with van der Waals surface area (Å²) in [5, 5.41) is 18.8. The van der Waals surface area contributed by atoms with Gasteiger partial charge in [0, 0.05) is 0 Å². The highest BCUT2D eigenvalue weighted by atomic mass is 35.5. The van der Waals surface area contributed by atoms with Gasteiger partial charge in [0.2, 0.25) is 0 Å². The van der Waals surface area contributed by atoms with Crippen LogP contribution in [0.25, 0.3) is 0 Å². The van der Waals surface area contributed by atoms with E-state index in [1.54, 1.807) is 12.1 Å². The van der Waals surface area contributed by atoms with Gasteiger partial charge in [0.15, 0.2) is 11.5 Å². The summed E-state index contributed by atoms with van der Waals surface area (Å²) in [6, 6.07) is 4.98. The summed E-state index contributed by atoms with van der Waals surface area (Å²) in [6.07, 6.45) is 3.28. The smallest absolute Gasteiger partial charge is 0.160 e. The van der Waals surface area contributed by atoms with Crippen LogP contribution in [0.5, 0.6) is 11.5 Å². The fourth-order valence-corrected chi connectivity index (χ4v) is 1.70. The van der Waals surface area contributed by atoms with Crippen molar-refractivity contribution in [3.05, 3.63) is 23.8 Å². The molecule has 0 atom stereocenters. The zero-order valence-electron chi connectivity index (χ0n) is 8.29. The number of para-hydroxylation sites is 1. The fourth-order valence-electron chi connectivity index (χ4n) is 1.39. The molecule has 1 aromatic rings. The summed E-state index contributed by atoms with van der Waals surface area (Å²) in [4.78, 5) is -0.317. The Balaban J connectivity index is 2.41. The highest BCUT2D eigenvalue weighted by Gasteiger charge is 2.05. The van der Waals surface area contributed by atoms with E-state index in [1.807, 2.05) is 0 Å². The number of alkyl halides is 2. The van der Waals surface area contributed by atoms with Gasteiger partial charge in [-0.1, -0.05) is 18.6 Å². The molecule has 0 fully saturated rings. The van der Waals surface area contributed by atoms with E-state index in [1.165, 1.54) is 6.07 Å². The Hall–Kier alpha value is -0.600. The summed E-state index contributed by atoms with van der Waals surface area (Å²) < 4.78 is 0. The molecule has 0 aliphatic heterocycles. The van der Waals surface area contributed by atoms with Crippen LogP contribution in [0.15, 0.2) is 18.2 Å². The van der Waals surface area contributed by atoms with E-state index in [2.05, 4.69) is 0 Å². The van der Waals surface area contributed by atoms with E-state index < -0.39 is 0 Å². The molecular weight excluding hydrogens is 235 g/mol. The zero-order chi connectivity index (χ0) is 11.3. The Morgan fingerprint density at radius 1 is 1.13 bits per heavy atom. The maximum Gasteiger partial charge on any atom is 0.160 e. The second-order valence-corrected chi connectivity index (χ2v) is 4.70. The molecule has 0 saturated carbocycles. The lowest BCUT2D eigenvalue weighted by Gasteiger charge is -2.06. The van der Waals surface area contributed by atoms with E-state index >= 15 is 0 Å². The molecule has 84 valence electrons. The molecule has 1 aromatic carbocycles. The first kappa shape index (κ1) is 12.5. The normalized spacial score (nSPS) is 10.9. The molecule has 2 nitrogen and oxygen atoms in total. The summed E-state index contributed by atoms with van der Waals surface area (Å²) in [5.74, 6) is -0.0918. The largest absolute Gasteiger partial charge is 0.504 e. The number of benzene rings is 1. The van der Waals surface area contributed by atoms with Crippen LogP contribution in [0.1, 0.15) is 24.8 Å². The number of phenols is 2. The van der Waals surface area contributed by atoms with Crippen molar-refractivity contribution >= 4 is 23.2 Å². The van der Waals surface area contributed by atoms with Crippen molar-refractivity contribution in [2.75, 3.05) is 0 Å². The third-order valence-corrected chi connectivity index (χ3v) is 2.65. The van der Waals surface area contributed by atoms with Gasteiger partial charge < -0.3 is 10.2 Å². The molecule has 2 N–H and O–H groups in total. The van der Waals surface area contributed by atoms with E-state index in [9.17, 15) is 10.2 Å². The van der Waals surface area contributed by atoms with Gasteiger partial charge in [0.25, 0.3) is 0 Å². The Kier molecular flexibility index (Phi) is 5.06. The molecule has 1 rings (SSSR count). The quantitative estimate of drug-likeness (QED) is 0.475. The second-order valence-electron chi connectivity index (χ2n) is 3.42. The standard InChI is InChI=1S/C11H14Cl2O2/c12-10(13)7-2-1-4-8-5-3-6-9(14)11(8)15/h3,5-6,10,14-15H,1-2,4,7H2. The summed E-state index contributed by atoms with van der Waals surface area (Å²) in [7, 11) is 0. The van der Waals surface area contributed by atoms with Gasteiger partial charge in [-0.15, -0.1) is 23.2 Å². The molecular formula is C11H14Cl2O2. The zero-order valence-corrected chi connectivity index (χ0v) is 9.80. The van der Waals surface area contributed by atoms with E-state index in [0.717, 1.165) is 31.2 Å². The van der Waals surface area contributed by atoms with Gasteiger partial charge in [-0.3, -0.25) is 0 Å². The molecule has 0 aliphatic carbocycles. The summed E-state index contributed by atoms with van der Waals surface area (Å²) >= 11 is 11.2. The van der Waals surface area contributed by atoms with Crippen molar-refractivity contribution in [1.82, 2.24) is 0 Å². The monoisotopic (exact) mass is 248 g/mol. The fraction of sp³-hybridized carbons (Fsp3) is 0.455. The number of phenolic OH excluding ortho intramolecular Hbond substituents is 2. The number of hydrogen-bond donors (Lipinski definition) is 2. The topological polar surface area (TPSA) is 40.5 Å². The third kappa shape index (κ3) is 4.18. The molecule has 4 heteroatoms. The van der Waals surface area contributed by atoms with Gasteiger partial charge >= 0.3 is 0 Å². The Labute approximate surface area is 99.5 Å². The number of hydrogen-bond acceptors (Lipinski definition) is 2. The van der Waals surface area contributed by atoms with Crippen molar-refractivity contribution in [2.45, 2.75) is 30.5 Å². The van der Waals surface area contributed by atoms with Gasteiger partial charge in [-0.25, -0.2) is 0 Å². The minimum Gasteiger partial charge on any atom is -0.504 e. The highest BCUT2D eigenvalue weighted by molar-refractivity contribution is 6.44. The first-order valence-electron chi connectivity index (χ1n) is 4.89. The molecule has 15 heavy (non-hydrogen) atoms. The maximum absolute atomic E-state index is 9.50. The van der Waals surface area contributed by atoms with Crippen LogP contribution in [-0.2, 0) is 6.42 Å². The average molecular weight is 249 g/mol. The van der Waals surface area contributed by atoms with Gasteiger partial charge in [0.05, 0.1) is 0 Å². The van der Waals surface area contributed by atoms with Gasteiger partial charge in [0.1, 0.15) is 4.84 Å². The number of unbranched alkanes of at least 4 members (excludes halogenated alkanes) is 1. The van der Waals surface area contributed by atoms with Crippen molar-refractivity contribution in [2.24, 2.45) is 0 Å².